The summed E-state index contributed by atoms with van der Waals surface area (Å²) >= 11 is 0. The maximum Gasteiger partial charge on any atom is 0.150 e. The predicted octanol–water partition coefficient (Wildman–Crippen LogP) is 4.89. The summed E-state index contributed by atoms with van der Waals surface area (Å²) in [4.78, 5) is 23.3. The SMILES string of the molecule is CCC1=CC(OC)=C(F)CC(N(Cc2ncc[nH]2)c2cccncc(-c3cnn(C)c3)nc(C)n2)=C1. The average molecular weight is 489 g/mol. The van der Waals surface area contributed by atoms with Gasteiger partial charge in [0, 0.05) is 49.5 Å². The molecule has 0 radical (unpaired) electrons. The molecule has 1 aliphatic carbocycles. The lowest BCUT2D eigenvalue weighted by Gasteiger charge is -2.25. The maximum absolute atomic E-state index is 15.2. The van der Waals surface area contributed by atoms with Crippen molar-refractivity contribution < 1.29 is 9.13 Å². The van der Waals surface area contributed by atoms with Crippen LogP contribution in [0, 0.1) is 6.92 Å². The molecule has 0 unspecified atom stereocenters. The minimum atomic E-state index is -0.352. The van der Waals surface area contributed by atoms with E-state index >= 15 is 4.39 Å². The van der Waals surface area contributed by atoms with Crippen molar-refractivity contribution in [3.05, 3.63) is 96.0 Å². The standard InChI is InChI=1S/C26H29FN8O/c1-5-19-11-21(13-22(27)24(12-19)36-4)35(17-25-29-9-10-30-25)26-7-6-8-28-15-23(32-18(2)33-26)20-14-31-34(3)16-20/h6-12,14-16H,5,13,17H2,1-4H3,(H,29,30). The number of hydrogen-bond acceptors (Lipinski definition) is 7. The highest BCUT2D eigenvalue weighted by atomic mass is 19.1. The van der Waals surface area contributed by atoms with Crippen molar-refractivity contribution in [3.63, 3.8) is 0 Å². The normalized spacial score (nSPS) is 13.5. The first kappa shape index (κ1) is 24.8. The van der Waals surface area contributed by atoms with Crippen LogP contribution in [0.25, 0.3) is 11.3 Å². The Morgan fingerprint density at radius 1 is 1.19 bits per heavy atom. The molecule has 10 heteroatoms. The largest absolute Gasteiger partial charge is 0.494 e. The monoisotopic (exact) mass is 488 g/mol. The van der Waals surface area contributed by atoms with Crippen molar-refractivity contribution >= 4 is 5.82 Å². The second-order valence-corrected chi connectivity index (χ2v) is 8.18. The molecule has 0 atom stereocenters. The van der Waals surface area contributed by atoms with E-state index in [9.17, 15) is 0 Å². The van der Waals surface area contributed by atoms with Crippen LogP contribution in [0.5, 0.6) is 0 Å². The number of hydrogen-bond donors (Lipinski definition) is 1. The number of aromatic nitrogens is 7. The number of anilines is 1. The number of ether oxygens (including phenoxy) is 1. The van der Waals surface area contributed by atoms with E-state index in [0.29, 0.717) is 36.1 Å². The highest BCUT2D eigenvalue weighted by Gasteiger charge is 2.21. The van der Waals surface area contributed by atoms with Gasteiger partial charge in [0.05, 0.1) is 31.7 Å². The minimum absolute atomic E-state index is 0.0435. The number of halogens is 1. The van der Waals surface area contributed by atoms with Gasteiger partial charge in [-0.05, 0) is 43.2 Å². The number of imidazole rings is 1. The molecule has 3 heterocycles. The molecule has 9 nitrogen and oxygen atoms in total. The molecule has 1 aliphatic rings. The lowest BCUT2D eigenvalue weighted by Crippen LogP contribution is -2.24. The number of H-pyrrole nitrogens is 1. The summed E-state index contributed by atoms with van der Waals surface area (Å²) in [5, 5.41) is 4.23. The molecule has 0 saturated heterocycles. The highest BCUT2D eigenvalue weighted by molar-refractivity contribution is 5.55. The number of methoxy groups -OCH3 is 1. The second kappa shape index (κ2) is 11.4. The quantitative estimate of drug-likeness (QED) is 0.506. The van der Waals surface area contributed by atoms with E-state index < -0.39 is 0 Å². The molecule has 0 fully saturated rings. The van der Waals surface area contributed by atoms with E-state index in [4.69, 9.17) is 14.7 Å². The molecule has 0 spiro atoms. The van der Waals surface area contributed by atoms with Crippen LogP contribution in [-0.4, -0.2) is 41.8 Å². The molecular weight excluding hydrogens is 459 g/mol. The zero-order valence-corrected chi connectivity index (χ0v) is 20.8. The number of aromatic amines is 1. The Morgan fingerprint density at radius 3 is 2.75 bits per heavy atom. The Labute approximate surface area is 209 Å². The van der Waals surface area contributed by atoms with Gasteiger partial charge in [-0.25, -0.2) is 19.3 Å². The highest BCUT2D eigenvalue weighted by Crippen LogP contribution is 2.30. The summed E-state index contributed by atoms with van der Waals surface area (Å²) in [6, 6.07) is 3.62. The zero-order valence-electron chi connectivity index (χ0n) is 20.8. The fourth-order valence-corrected chi connectivity index (χ4v) is 3.78. The van der Waals surface area contributed by atoms with E-state index in [-0.39, 0.29) is 18.0 Å². The number of allylic oxidation sites excluding steroid dienone is 4. The molecule has 3 aromatic rings. The molecule has 0 bridgehead atoms. The third-order valence-electron chi connectivity index (χ3n) is 5.56. The molecule has 0 saturated carbocycles. The number of nitrogens with zero attached hydrogens (tertiary/aromatic N) is 7. The van der Waals surface area contributed by atoms with E-state index in [1.807, 2.05) is 44.1 Å². The van der Waals surface area contributed by atoms with Gasteiger partial charge in [-0.2, -0.15) is 5.10 Å². The summed E-state index contributed by atoms with van der Waals surface area (Å²) in [7, 11) is 3.32. The Kier molecular flexibility index (Phi) is 7.84. The Hall–Kier alpha value is -4.34. The number of rotatable bonds is 7. The van der Waals surface area contributed by atoms with Crippen molar-refractivity contribution in [1.82, 2.24) is 34.7 Å². The first-order valence-corrected chi connectivity index (χ1v) is 11.6. The summed E-state index contributed by atoms with van der Waals surface area (Å²) in [6.07, 6.45) is 14.8. The predicted molar refractivity (Wildman–Crippen MR) is 135 cm³/mol. The molecule has 0 amide bonds. The molecule has 4 rings (SSSR count). The van der Waals surface area contributed by atoms with E-state index in [2.05, 4.69) is 20.1 Å². The fourth-order valence-electron chi connectivity index (χ4n) is 3.78. The van der Waals surface area contributed by atoms with Gasteiger partial charge in [0.1, 0.15) is 23.3 Å². The van der Waals surface area contributed by atoms with E-state index in [0.717, 1.165) is 16.8 Å². The summed E-state index contributed by atoms with van der Waals surface area (Å²) in [6.45, 7) is 4.19. The molecule has 3 aromatic heterocycles. The number of aryl methyl sites for hydroxylation is 2. The van der Waals surface area contributed by atoms with Gasteiger partial charge in [-0.15, -0.1) is 0 Å². The third-order valence-corrected chi connectivity index (χ3v) is 5.56. The summed E-state index contributed by atoms with van der Waals surface area (Å²) < 4.78 is 22.2. The van der Waals surface area contributed by atoms with Crippen LogP contribution in [0.15, 0.2) is 84.3 Å². The third kappa shape index (κ3) is 6.01. The molecule has 0 aromatic carbocycles. The first-order valence-electron chi connectivity index (χ1n) is 11.6. The lowest BCUT2D eigenvalue weighted by molar-refractivity contribution is 0.288. The maximum atomic E-state index is 15.2. The molecule has 186 valence electrons. The van der Waals surface area contributed by atoms with Crippen molar-refractivity contribution in [2.75, 3.05) is 12.0 Å². The van der Waals surface area contributed by atoms with Crippen molar-refractivity contribution in [2.24, 2.45) is 7.05 Å². The van der Waals surface area contributed by atoms with E-state index in [1.54, 1.807) is 47.8 Å². The zero-order chi connectivity index (χ0) is 25.5. The molecular formula is C26H29FN8O. The van der Waals surface area contributed by atoms with Crippen molar-refractivity contribution in [2.45, 2.75) is 33.2 Å². The van der Waals surface area contributed by atoms with Gasteiger partial charge in [0.15, 0.2) is 5.76 Å². The average Bonchev–Trinajstić information content (AvgIpc) is 3.51. The fraction of sp³-hybridized carbons (Fsp3) is 0.269. The van der Waals surface area contributed by atoms with Crippen LogP contribution in [0.2, 0.25) is 0 Å². The number of nitrogens with one attached hydrogen (secondary N) is 1. The minimum Gasteiger partial charge on any atom is -0.494 e. The Balaban J connectivity index is 1.85. The van der Waals surface area contributed by atoms with Gasteiger partial charge in [0.2, 0.25) is 0 Å². The van der Waals surface area contributed by atoms with Crippen LogP contribution in [-0.2, 0) is 18.3 Å². The Morgan fingerprint density at radius 2 is 2.06 bits per heavy atom. The van der Waals surface area contributed by atoms with Crippen LogP contribution >= 0.6 is 0 Å². The van der Waals surface area contributed by atoms with Crippen LogP contribution in [0.1, 0.15) is 31.4 Å². The smallest absolute Gasteiger partial charge is 0.150 e. The van der Waals surface area contributed by atoms with Crippen LogP contribution < -0.4 is 4.90 Å². The second-order valence-electron chi connectivity index (χ2n) is 8.18. The van der Waals surface area contributed by atoms with Crippen molar-refractivity contribution in [1.29, 1.82) is 0 Å². The summed E-state index contributed by atoms with van der Waals surface area (Å²) in [5.41, 5.74) is 3.12. The molecule has 1 N–H and O–H groups in total. The van der Waals surface area contributed by atoms with E-state index in [1.165, 1.54) is 7.11 Å². The Bertz CT molecular complexity index is 1360. The topological polar surface area (TPSA) is 97.6 Å². The van der Waals surface area contributed by atoms with Crippen LogP contribution in [0.4, 0.5) is 10.2 Å². The molecule has 0 aliphatic heterocycles. The van der Waals surface area contributed by atoms with Gasteiger partial charge in [-0.1, -0.05) is 6.92 Å². The van der Waals surface area contributed by atoms with Gasteiger partial charge >= 0.3 is 0 Å². The van der Waals surface area contributed by atoms with Crippen LogP contribution in [0.3, 0.4) is 0 Å². The van der Waals surface area contributed by atoms with Crippen molar-refractivity contribution in [3.8, 4) is 11.3 Å². The summed E-state index contributed by atoms with van der Waals surface area (Å²) in [5.74, 6) is 1.68. The lowest BCUT2D eigenvalue weighted by atomic mass is 10.1. The van der Waals surface area contributed by atoms with Gasteiger partial charge in [0.25, 0.3) is 0 Å². The van der Waals surface area contributed by atoms with Gasteiger partial charge in [-0.3, -0.25) is 9.67 Å². The first-order chi connectivity index (χ1) is 17.5. The van der Waals surface area contributed by atoms with Gasteiger partial charge < -0.3 is 14.6 Å². The molecule has 36 heavy (non-hydrogen) atoms.